The van der Waals surface area contributed by atoms with Crippen LogP contribution in [-0.4, -0.2) is 26.0 Å². The minimum absolute atomic E-state index is 0.00465. The SMILES string of the molecule is CCCC(CC)NC(CN)c1cccc2c([SH](=O)=O)nccc12. The molecule has 6 heteroatoms. The van der Waals surface area contributed by atoms with E-state index < -0.39 is 10.7 Å². The molecule has 2 atom stereocenters. The summed E-state index contributed by atoms with van der Waals surface area (Å²) in [5.41, 5.74) is 7.02. The lowest BCUT2D eigenvalue weighted by molar-refractivity contribution is 0.406. The number of nitrogens with zero attached hydrogens (tertiary/aromatic N) is 1. The Hall–Kier alpha value is -1.50. The summed E-state index contributed by atoms with van der Waals surface area (Å²) in [6.07, 6.45) is 4.79. The third kappa shape index (κ3) is 4.07. The Kier molecular flexibility index (Phi) is 6.50. The standard InChI is InChI=1S/C17H25N3O2S/c1-3-6-12(4-2)20-16(11-18)14-7-5-8-15-13(14)9-10-19-17(15)23(21)22/h5,7-10,12,16,20,23H,3-4,6,11,18H2,1-2H3. The summed E-state index contributed by atoms with van der Waals surface area (Å²) < 4.78 is 22.8. The zero-order valence-electron chi connectivity index (χ0n) is 13.7. The molecule has 0 spiro atoms. The van der Waals surface area contributed by atoms with Crippen LogP contribution < -0.4 is 11.1 Å². The molecule has 0 aliphatic heterocycles. The molecular weight excluding hydrogens is 310 g/mol. The Bertz CT molecular complexity index is 723. The van der Waals surface area contributed by atoms with Crippen molar-refractivity contribution in [3.8, 4) is 0 Å². The number of rotatable bonds is 8. The highest BCUT2D eigenvalue weighted by Crippen LogP contribution is 2.27. The zero-order valence-corrected chi connectivity index (χ0v) is 14.6. The molecule has 2 rings (SSSR count). The summed E-state index contributed by atoms with van der Waals surface area (Å²) in [6.45, 7) is 4.79. The lowest BCUT2D eigenvalue weighted by Crippen LogP contribution is -2.36. The Labute approximate surface area is 139 Å². The van der Waals surface area contributed by atoms with Gasteiger partial charge in [-0.3, -0.25) is 0 Å². The van der Waals surface area contributed by atoms with Crippen LogP contribution in [0.5, 0.6) is 0 Å². The first-order valence-corrected chi connectivity index (χ1v) is 9.28. The Morgan fingerprint density at radius 3 is 2.61 bits per heavy atom. The van der Waals surface area contributed by atoms with E-state index in [1.54, 1.807) is 12.3 Å². The van der Waals surface area contributed by atoms with Crippen LogP contribution in [-0.2, 0) is 10.7 Å². The minimum Gasteiger partial charge on any atom is -0.329 e. The number of aromatic nitrogens is 1. The second-order valence-corrected chi connectivity index (χ2v) is 6.62. The van der Waals surface area contributed by atoms with Crippen LogP contribution in [0.25, 0.3) is 10.8 Å². The number of fused-ring (bicyclic) bond motifs is 1. The minimum atomic E-state index is -2.72. The number of hydrogen-bond donors (Lipinski definition) is 3. The van der Waals surface area contributed by atoms with Crippen molar-refractivity contribution in [3.05, 3.63) is 36.0 Å². The lowest BCUT2D eigenvalue weighted by Gasteiger charge is -2.25. The first-order chi connectivity index (χ1) is 11.1. The van der Waals surface area contributed by atoms with Crippen molar-refractivity contribution in [3.63, 3.8) is 0 Å². The molecule has 1 aromatic heterocycles. The van der Waals surface area contributed by atoms with Gasteiger partial charge in [-0.1, -0.05) is 38.5 Å². The summed E-state index contributed by atoms with van der Waals surface area (Å²) in [4.78, 5) is 3.99. The van der Waals surface area contributed by atoms with Crippen LogP contribution in [0.3, 0.4) is 0 Å². The predicted octanol–water partition coefficient (Wildman–Crippen LogP) is 2.37. The predicted molar refractivity (Wildman–Crippen MR) is 94.2 cm³/mol. The smallest absolute Gasteiger partial charge is 0.186 e. The van der Waals surface area contributed by atoms with E-state index in [-0.39, 0.29) is 11.1 Å². The van der Waals surface area contributed by atoms with Gasteiger partial charge in [-0.05, 0) is 29.9 Å². The maximum Gasteiger partial charge on any atom is 0.186 e. The average Bonchev–Trinajstić information content (AvgIpc) is 2.57. The third-order valence-corrected chi connectivity index (χ3v) is 4.87. The zero-order chi connectivity index (χ0) is 16.8. The number of thiol groups is 1. The Balaban J connectivity index is 2.46. The Morgan fingerprint density at radius 2 is 2.00 bits per heavy atom. The van der Waals surface area contributed by atoms with Crippen molar-refractivity contribution in [1.29, 1.82) is 0 Å². The van der Waals surface area contributed by atoms with Crippen molar-refractivity contribution in [2.75, 3.05) is 6.54 Å². The molecule has 126 valence electrons. The molecule has 0 saturated heterocycles. The molecule has 0 saturated carbocycles. The fraction of sp³-hybridized carbons (Fsp3) is 0.471. The molecule has 0 radical (unpaired) electrons. The van der Waals surface area contributed by atoms with Crippen LogP contribution in [0.2, 0.25) is 0 Å². The van der Waals surface area contributed by atoms with E-state index >= 15 is 0 Å². The number of hydrogen-bond acceptors (Lipinski definition) is 5. The molecule has 3 N–H and O–H groups in total. The van der Waals surface area contributed by atoms with Crippen LogP contribution in [0.1, 0.15) is 44.7 Å². The summed E-state index contributed by atoms with van der Waals surface area (Å²) in [7, 11) is -2.72. The normalized spacial score (nSPS) is 14.3. The van der Waals surface area contributed by atoms with Crippen LogP contribution in [0.15, 0.2) is 35.5 Å². The maximum absolute atomic E-state index is 11.4. The van der Waals surface area contributed by atoms with Gasteiger partial charge in [0.1, 0.15) is 0 Å². The number of pyridine rings is 1. The molecule has 2 unspecified atom stereocenters. The van der Waals surface area contributed by atoms with E-state index in [1.807, 2.05) is 18.2 Å². The highest BCUT2D eigenvalue weighted by atomic mass is 32.2. The van der Waals surface area contributed by atoms with Gasteiger partial charge < -0.3 is 11.1 Å². The summed E-state index contributed by atoms with van der Waals surface area (Å²) in [5, 5.41) is 5.29. The van der Waals surface area contributed by atoms with Gasteiger partial charge in [0.05, 0.1) is 0 Å². The van der Waals surface area contributed by atoms with Crippen molar-refractivity contribution in [1.82, 2.24) is 10.3 Å². The molecule has 0 fully saturated rings. The van der Waals surface area contributed by atoms with E-state index in [1.165, 1.54) is 0 Å². The third-order valence-electron chi connectivity index (χ3n) is 4.17. The molecule has 0 aliphatic carbocycles. The molecule has 0 amide bonds. The van der Waals surface area contributed by atoms with E-state index in [4.69, 9.17) is 5.73 Å². The number of benzene rings is 1. The maximum atomic E-state index is 11.4. The van der Waals surface area contributed by atoms with Crippen LogP contribution in [0.4, 0.5) is 0 Å². The van der Waals surface area contributed by atoms with Gasteiger partial charge in [0, 0.05) is 30.2 Å². The average molecular weight is 335 g/mol. The van der Waals surface area contributed by atoms with E-state index in [2.05, 4.69) is 24.1 Å². The second kappa shape index (κ2) is 8.38. The van der Waals surface area contributed by atoms with Crippen molar-refractivity contribution >= 4 is 21.5 Å². The van der Waals surface area contributed by atoms with Gasteiger partial charge in [0.2, 0.25) is 0 Å². The molecule has 0 bridgehead atoms. The van der Waals surface area contributed by atoms with Gasteiger partial charge in [0.25, 0.3) is 0 Å². The van der Waals surface area contributed by atoms with E-state index in [0.717, 1.165) is 30.2 Å². The molecule has 23 heavy (non-hydrogen) atoms. The molecule has 5 nitrogen and oxygen atoms in total. The molecular formula is C17H25N3O2S. The van der Waals surface area contributed by atoms with Crippen molar-refractivity contribution in [2.45, 2.75) is 50.2 Å². The van der Waals surface area contributed by atoms with Gasteiger partial charge >= 0.3 is 0 Å². The van der Waals surface area contributed by atoms with Crippen LogP contribution in [0, 0.1) is 0 Å². The molecule has 2 aromatic rings. The monoisotopic (exact) mass is 335 g/mol. The fourth-order valence-electron chi connectivity index (χ4n) is 2.99. The van der Waals surface area contributed by atoms with Gasteiger partial charge in [0.15, 0.2) is 15.7 Å². The largest absolute Gasteiger partial charge is 0.329 e. The second-order valence-electron chi connectivity index (χ2n) is 5.68. The Morgan fingerprint density at radius 1 is 1.22 bits per heavy atom. The lowest BCUT2D eigenvalue weighted by atomic mass is 9.98. The van der Waals surface area contributed by atoms with Gasteiger partial charge in [-0.2, -0.15) is 0 Å². The topological polar surface area (TPSA) is 85.1 Å². The first kappa shape index (κ1) is 17.8. The van der Waals surface area contributed by atoms with Gasteiger partial charge in [-0.25, -0.2) is 13.4 Å². The van der Waals surface area contributed by atoms with Crippen molar-refractivity contribution < 1.29 is 8.42 Å². The summed E-state index contributed by atoms with van der Waals surface area (Å²) >= 11 is 0. The summed E-state index contributed by atoms with van der Waals surface area (Å²) in [5.74, 6) is 0. The quantitative estimate of drug-likeness (QED) is 0.645. The van der Waals surface area contributed by atoms with E-state index in [9.17, 15) is 8.42 Å². The molecule has 1 heterocycles. The van der Waals surface area contributed by atoms with Crippen LogP contribution >= 0.6 is 0 Å². The summed E-state index contributed by atoms with van der Waals surface area (Å²) in [6, 6.07) is 7.93. The first-order valence-electron chi connectivity index (χ1n) is 8.10. The van der Waals surface area contributed by atoms with Gasteiger partial charge in [-0.15, -0.1) is 0 Å². The van der Waals surface area contributed by atoms with Crippen molar-refractivity contribution in [2.24, 2.45) is 5.73 Å². The molecule has 1 aromatic carbocycles. The fourth-order valence-corrected chi connectivity index (χ4v) is 3.54. The molecule has 0 aliphatic rings. The highest BCUT2D eigenvalue weighted by molar-refractivity contribution is 7.72. The number of nitrogens with one attached hydrogen (secondary N) is 1. The van der Waals surface area contributed by atoms with E-state index in [0.29, 0.717) is 18.0 Å². The number of nitrogens with two attached hydrogens (primary N) is 1. The highest BCUT2D eigenvalue weighted by Gasteiger charge is 2.17.